The molecule has 1 aliphatic heterocycles. The summed E-state index contributed by atoms with van der Waals surface area (Å²) < 4.78 is 7.01. The number of nitrogens with one attached hydrogen (secondary N) is 1. The molecule has 1 N–H and O–H groups in total. The monoisotopic (exact) mass is 482 g/mol. The summed E-state index contributed by atoms with van der Waals surface area (Å²) in [7, 11) is 3.04. The second kappa shape index (κ2) is 10.3. The summed E-state index contributed by atoms with van der Waals surface area (Å²) in [4.78, 5) is 44.6. The highest BCUT2D eigenvalue weighted by Gasteiger charge is 2.19. The summed E-state index contributed by atoms with van der Waals surface area (Å²) in [6, 6.07) is 9.78. The molecular weight excluding hydrogens is 456 g/mol. The van der Waals surface area contributed by atoms with Crippen molar-refractivity contribution in [2.75, 3.05) is 26.0 Å². The van der Waals surface area contributed by atoms with E-state index in [1.165, 1.54) is 12.0 Å². The molecule has 0 fully saturated rings. The number of halogens is 1. The van der Waals surface area contributed by atoms with Gasteiger partial charge in [0.25, 0.3) is 11.5 Å². The molecule has 178 valence electrons. The zero-order chi connectivity index (χ0) is 24.2. The third-order valence-corrected chi connectivity index (χ3v) is 6.21. The first-order valence-corrected chi connectivity index (χ1v) is 11.7. The lowest BCUT2D eigenvalue weighted by Gasteiger charge is -2.19. The van der Waals surface area contributed by atoms with Crippen LogP contribution in [-0.4, -0.2) is 47.0 Å². The third-order valence-electron chi connectivity index (χ3n) is 5.98. The molecule has 1 aliphatic rings. The number of hydrogen-bond acceptors (Lipinski definition) is 5. The zero-order valence-electron chi connectivity index (χ0n) is 19.3. The van der Waals surface area contributed by atoms with E-state index in [2.05, 4.69) is 5.32 Å². The summed E-state index contributed by atoms with van der Waals surface area (Å²) in [6.07, 6.45) is 4.94. The molecule has 0 aliphatic carbocycles. The van der Waals surface area contributed by atoms with Crippen molar-refractivity contribution >= 4 is 40.0 Å². The maximum atomic E-state index is 13.0. The minimum absolute atomic E-state index is 0.0656. The second-order valence-electron chi connectivity index (χ2n) is 8.43. The van der Waals surface area contributed by atoms with Gasteiger partial charge in [-0.25, -0.2) is 4.98 Å². The molecule has 9 heteroatoms. The molecule has 1 aromatic heterocycles. The molecule has 0 unspecified atom stereocenters. The number of nitrogens with zero attached hydrogens (tertiary/aromatic N) is 3. The normalized spacial score (nSPS) is 13.5. The molecule has 0 atom stereocenters. The van der Waals surface area contributed by atoms with E-state index in [9.17, 15) is 14.4 Å². The van der Waals surface area contributed by atoms with Crippen molar-refractivity contribution in [3.8, 4) is 5.75 Å². The fourth-order valence-corrected chi connectivity index (χ4v) is 4.38. The molecular formula is C25H27ClN4O4. The van der Waals surface area contributed by atoms with Gasteiger partial charge >= 0.3 is 0 Å². The first kappa shape index (κ1) is 23.8. The molecule has 2 amide bonds. The van der Waals surface area contributed by atoms with Crippen LogP contribution in [0.3, 0.4) is 0 Å². The standard InChI is InChI=1S/C25H27ClN4O4/c1-29(15-23(31)28-20-14-17(26)9-11-21(20)34-2)24(32)16-8-10-18-19(13-16)27-22-7-5-3-4-6-12-30(22)25(18)33/h8-11,13-14H,3-7,12,15H2,1-2H3,(H,28,31). The number of fused-ring (bicyclic) bond motifs is 2. The molecule has 0 saturated heterocycles. The number of likely N-dealkylation sites (N-methyl/N-ethyl adjacent to an activating group) is 1. The number of methoxy groups -OCH3 is 1. The maximum absolute atomic E-state index is 13.0. The number of aromatic nitrogens is 2. The van der Waals surface area contributed by atoms with Crippen LogP contribution < -0.4 is 15.6 Å². The largest absolute Gasteiger partial charge is 0.495 e. The summed E-state index contributed by atoms with van der Waals surface area (Å²) >= 11 is 6.01. The quantitative estimate of drug-likeness (QED) is 0.595. The molecule has 2 aromatic carbocycles. The lowest BCUT2D eigenvalue weighted by Crippen LogP contribution is -2.35. The number of amides is 2. The van der Waals surface area contributed by atoms with Crippen LogP contribution >= 0.6 is 11.6 Å². The van der Waals surface area contributed by atoms with Crippen molar-refractivity contribution in [2.24, 2.45) is 0 Å². The van der Waals surface area contributed by atoms with Crippen molar-refractivity contribution in [1.29, 1.82) is 0 Å². The van der Waals surface area contributed by atoms with Crippen molar-refractivity contribution < 1.29 is 14.3 Å². The van der Waals surface area contributed by atoms with Crippen LogP contribution in [0.25, 0.3) is 10.9 Å². The van der Waals surface area contributed by atoms with Gasteiger partial charge in [-0.05, 0) is 49.2 Å². The van der Waals surface area contributed by atoms with E-state index in [0.717, 1.165) is 37.9 Å². The van der Waals surface area contributed by atoms with Crippen LogP contribution in [0.5, 0.6) is 5.75 Å². The van der Waals surface area contributed by atoms with Crippen LogP contribution in [0.15, 0.2) is 41.2 Å². The van der Waals surface area contributed by atoms with Crippen molar-refractivity contribution in [3.05, 3.63) is 63.2 Å². The Morgan fingerprint density at radius 3 is 2.74 bits per heavy atom. The Morgan fingerprint density at radius 2 is 1.94 bits per heavy atom. The Hall–Kier alpha value is -3.39. The van der Waals surface area contributed by atoms with E-state index in [0.29, 0.717) is 39.5 Å². The fourth-order valence-electron chi connectivity index (χ4n) is 4.20. The van der Waals surface area contributed by atoms with Gasteiger partial charge < -0.3 is 15.0 Å². The van der Waals surface area contributed by atoms with Crippen LogP contribution in [0.1, 0.15) is 41.9 Å². The van der Waals surface area contributed by atoms with Gasteiger partial charge in [-0.2, -0.15) is 0 Å². The van der Waals surface area contributed by atoms with E-state index in [1.54, 1.807) is 48.0 Å². The van der Waals surface area contributed by atoms with Crippen molar-refractivity contribution in [3.63, 3.8) is 0 Å². The minimum atomic E-state index is -0.394. The lowest BCUT2D eigenvalue weighted by molar-refractivity contribution is -0.116. The molecule has 0 radical (unpaired) electrons. The Kier molecular flexibility index (Phi) is 7.17. The number of aryl methyl sites for hydroxylation is 1. The highest BCUT2D eigenvalue weighted by Crippen LogP contribution is 2.27. The molecule has 3 aromatic rings. The summed E-state index contributed by atoms with van der Waals surface area (Å²) in [5, 5.41) is 3.67. The van der Waals surface area contributed by atoms with Gasteiger partial charge in [0.1, 0.15) is 11.6 Å². The van der Waals surface area contributed by atoms with E-state index in [4.69, 9.17) is 21.3 Å². The summed E-state index contributed by atoms with van der Waals surface area (Å²) in [5.41, 5.74) is 1.23. The number of carbonyl (C=O) groups excluding carboxylic acids is 2. The minimum Gasteiger partial charge on any atom is -0.495 e. The predicted octanol–water partition coefficient (Wildman–Crippen LogP) is 3.89. The van der Waals surface area contributed by atoms with Gasteiger partial charge in [-0.1, -0.05) is 24.4 Å². The average Bonchev–Trinajstić information content (AvgIpc) is 2.79. The number of hydrogen-bond donors (Lipinski definition) is 1. The Balaban J connectivity index is 1.53. The van der Waals surface area contributed by atoms with Gasteiger partial charge in [-0.3, -0.25) is 19.0 Å². The molecule has 8 nitrogen and oxygen atoms in total. The molecule has 34 heavy (non-hydrogen) atoms. The fraction of sp³-hybridized carbons (Fsp3) is 0.360. The predicted molar refractivity (Wildman–Crippen MR) is 132 cm³/mol. The average molecular weight is 483 g/mol. The third kappa shape index (κ3) is 5.07. The SMILES string of the molecule is COc1ccc(Cl)cc1NC(=O)CN(C)C(=O)c1ccc2c(=O)n3c(nc2c1)CCCCCC3. The van der Waals surface area contributed by atoms with Crippen molar-refractivity contribution in [2.45, 2.75) is 38.6 Å². The van der Waals surface area contributed by atoms with Crippen LogP contribution in [-0.2, 0) is 17.8 Å². The summed E-state index contributed by atoms with van der Waals surface area (Å²) in [5.74, 6) is 0.497. The van der Waals surface area contributed by atoms with Crippen LogP contribution in [0.2, 0.25) is 5.02 Å². The number of anilines is 1. The van der Waals surface area contributed by atoms with Gasteiger partial charge in [0, 0.05) is 30.6 Å². The van der Waals surface area contributed by atoms with Gasteiger partial charge in [0.05, 0.1) is 30.2 Å². The highest BCUT2D eigenvalue weighted by molar-refractivity contribution is 6.31. The van der Waals surface area contributed by atoms with E-state index in [-0.39, 0.29) is 18.0 Å². The number of benzene rings is 2. The van der Waals surface area contributed by atoms with Gasteiger partial charge in [0.15, 0.2) is 0 Å². The number of carbonyl (C=O) groups is 2. The lowest BCUT2D eigenvalue weighted by atomic mass is 10.1. The highest BCUT2D eigenvalue weighted by atomic mass is 35.5. The van der Waals surface area contributed by atoms with Crippen LogP contribution in [0.4, 0.5) is 5.69 Å². The molecule has 0 bridgehead atoms. The maximum Gasteiger partial charge on any atom is 0.261 e. The molecule has 0 spiro atoms. The zero-order valence-corrected chi connectivity index (χ0v) is 20.0. The van der Waals surface area contributed by atoms with Gasteiger partial charge in [0.2, 0.25) is 5.91 Å². The Bertz CT molecular complexity index is 1300. The first-order valence-electron chi connectivity index (χ1n) is 11.3. The smallest absolute Gasteiger partial charge is 0.261 e. The second-order valence-corrected chi connectivity index (χ2v) is 8.87. The van der Waals surface area contributed by atoms with Crippen molar-refractivity contribution in [1.82, 2.24) is 14.5 Å². The van der Waals surface area contributed by atoms with E-state index >= 15 is 0 Å². The molecule has 2 heterocycles. The van der Waals surface area contributed by atoms with Gasteiger partial charge in [-0.15, -0.1) is 0 Å². The summed E-state index contributed by atoms with van der Waals surface area (Å²) in [6.45, 7) is 0.500. The Labute approximate surface area is 202 Å². The number of ether oxygens (including phenoxy) is 1. The Morgan fingerprint density at radius 1 is 1.15 bits per heavy atom. The van der Waals surface area contributed by atoms with E-state index < -0.39 is 5.91 Å². The van der Waals surface area contributed by atoms with Crippen LogP contribution in [0, 0.1) is 0 Å². The number of rotatable bonds is 5. The first-order chi connectivity index (χ1) is 16.4. The topological polar surface area (TPSA) is 93.5 Å². The molecule has 0 saturated carbocycles. The van der Waals surface area contributed by atoms with E-state index in [1.807, 2.05) is 0 Å². The molecule has 4 rings (SSSR count).